The van der Waals surface area contributed by atoms with Gasteiger partial charge in [-0.05, 0) is 80.5 Å². The van der Waals surface area contributed by atoms with Gasteiger partial charge in [0.2, 0.25) is 11.7 Å². The number of methoxy groups -OCH3 is 1. The Morgan fingerprint density at radius 1 is 1.09 bits per heavy atom. The van der Waals surface area contributed by atoms with Gasteiger partial charge in [0.1, 0.15) is 11.8 Å². The maximum atomic E-state index is 13.8. The molecule has 2 aromatic rings. The molecule has 4 bridgehead atoms. The summed E-state index contributed by atoms with van der Waals surface area (Å²) in [4.78, 5) is 32.7. The summed E-state index contributed by atoms with van der Waals surface area (Å²) < 4.78 is 15.9. The molecule has 9 heteroatoms. The molecule has 7 rings (SSSR count). The van der Waals surface area contributed by atoms with Crippen LogP contribution < -0.4 is 4.74 Å². The van der Waals surface area contributed by atoms with Gasteiger partial charge in [-0.25, -0.2) is 4.79 Å². The molecule has 2 atom stereocenters. The fourth-order valence-electron chi connectivity index (χ4n) is 7.33. The van der Waals surface area contributed by atoms with E-state index in [1.165, 1.54) is 19.3 Å². The number of ether oxygens (including phenoxy) is 2. The van der Waals surface area contributed by atoms with Gasteiger partial charge >= 0.3 is 5.97 Å². The molecule has 1 unspecified atom stereocenters. The minimum atomic E-state index is -0.779. The topological polar surface area (TPSA) is 115 Å². The number of aliphatic hydroxyl groups is 1. The Morgan fingerprint density at radius 3 is 2.37 bits per heavy atom. The number of amides is 1. The van der Waals surface area contributed by atoms with Crippen LogP contribution >= 0.6 is 0 Å². The average molecular weight is 482 g/mol. The Kier molecular flexibility index (Phi) is 5.55. The van der Waals surface area contributed by atoms with E-state index in [1.807, 2.05) is 0 Å². The Hall–Kier alpha value is -2.94. The van der Waals surface area contributed by atoms with Crippen molar-refractivity contribution in [3.8, 4) is 17.2 Å². The van der Waals surface area contributed by atoms with E-state index in [4.69, 9.17) is 14.0 Å². The molecule has 5 fully saturated rings. The van der Waals surface area contributed by atoms with Crippen molar-refractivity contribution in [1.82, 2.24) is 15.0 Å². The van der Waals surface area contributed by atoms with E-state index in [9.17, 15) is 14.7 Å². The standard InChI is InChI=1S/C26H31N3O6/c1-33-20-4-2-18(3-5-20)23-27-22(28-35-23)14-34-24(31)21-9-19(30)13-29(21)25(32)26-10-15-6-16(11-26)8-17(7-15)12-26/h2-5,15-17,19,21,30H,6-14H2,1H3/t15?,16?,17?,19?,21-,26?/m0/s1. The molecule has 4 saturated carbocycles. The van der Waals surface area contributed by atoms with Gasteiger partial charge in [-0.3, -0.25) is 4.79 Å². The van der Waals surface area contributed by atoms with Gasteiger partial charge in [-0.15, -0.1) is 0 Å². The number of carbonyl (C=O) groups excluding carboxylic acids is 2. The van der Waals surface area contributed by atoms with Gasteiger partial charge in [0.15, 0.2) is 6.61 Å². The van der Waals surface area contributed by atoms with Gasteiger partial charge in [0.05, 0.1) is 18.6 Å². The monoisotopic (exact) mass is 481 g/mol. The Morgan fingerprint density at radius 2 is 1.74 bits per heavy atom. The van der Waals surface area contributed by atoms with Crippen LogP contribution in [0.3, 0.4) is 0 Å². The van der Waals surface area contributed by atoms with Crippen molar-refractivity contribution in [2.75, 3.05) is 13.7 Å². The molecule has 5 aliphatic rings. The first-order valence-corrected chi connectivity index (χ1v) is 12.6. The van der Waals surface area contributed by atoms with Crippen molar-refractivity contribution in [3.63, 3.8) is 0 Å². The third kappa shape index (κ3) is 4.09. The van der Waals surface area contributed by atoms with E-state index in [0.717, 1.165) is 24.8 Å². The normalized spacial score (nSPS) is 33.2. The molecule has 35 heavy (non-hydrogen) atoms. The number of nitrogens with zero attached hydrogens (tertiary/aromatic N) is 3. The number of hydrogen-bond acceptors (Lipinski definition) is 8. The van der Waals surface area contributed by atoms with Crippen LogP contribution in [-0.2, 0) is 20.9 Å². The SMILES string of the molecule is COc1ccc(-c2nc(COC(=O)[C@@H]3CC(O)CN3C(=O)C34CC5CC(CC(C5)C3)C4)no2)cc1. The molecule has 1 amide bonds. The maximum absolute atomic E-state index is 13.8. The van der Waals surface area contributed by atoms with E-state index in [2.05, 4.69) is 10.1 Å². The van der Waals surface area contributed by atoms with Crippen LogP contribution in [0.1, 0.15) is 50.8 Å². The van der Waals surface area contributed by atoms with Gasteiger partial charge in [0, 0.05) is 18.5 Å². The number of β-amino-alcohol motifs (C(OH)–C–C–N with tert-alkyl or cyclic N) is 1. The summed E-state index contributed by atoms with van der Waals surface area (Å²) in [5.74, 6) is 2.65. The van der Waals surface area contributed by atoms with E-state index in [1.54, 1.807) is 36.3 Å². The average Bonchev–Trinajstić information content (AvgIpc) is 3.48. The zero-order valence-corrected chi connectivity index (χ0v) is 19.9. The maximum Gasteiger partial charge on any atom is 0.329 e. The van der Waals surface area contributed by atoms with E-state index >= 15 is 0 Å². The molecular weight excluding hydrogens is 450 g/mol. The summed E-state index contributed by atoms with van der Waals surface area (Å²) in [6.07, 6.45) is 5.95. The molecule has 4 aliphatic carbocycles. The molecular formula is C26H31N3O6. The second-order valence-corrected chi connectivity index (χ2v) is 10.9. The fraction of sp³-hybridized carbons (Fsp3) is 0.615. The van der Waals surface area contributed by atoms with E-state index < -0.39 is 18.1 Å². The van der Waals surface area contributed by atoms with Crippen LogP contribution in [0.15, 0.2) is 28.8 Å². The highest BCUT2D eigenvalue weighted by atomic mass is 16.5. The lowest BCUT2D eigenvalue weighted by Gasteiger charge is -2.56. The highest BCUT2D eigenvalue weighted by molar-refractivity contribution is 5.89. The summed E-state index contributed by atoms with van der Waals surface area (Å²) in [6, 6.07) is 6.41. The van der Waals surface area contributed by atoms with Crippen molar-refractivity contribution in [2.24, 2.45) is 23.2 Å². The van der Waals surface area contributed by atoms with Crippen LogP contribution in [-0.4, -0.2) is 57.8 Å². The Balaban J connectivity index is 1.11. The van der Waals surface area contributed by atoms with Gasteiger partial charge < -0.3 is 24.0 Å². The smallest absolute Gasteiger partial charge is 0.329 e. The summed E-state index contributed by atoms with van der Waals surface area (Å²) in [5, 5.41) is 14.3. The van der Waals surface area contributed by atoms with E-state index in [0.29, 0.717) is 29.4 Å². The third-order valence-corrected chi connectivity index (χ3v) is 8.45. The van der Waals surface area contributed by atoms with Crippen molar-refractivity contribution in [2.45, 2.75) is 63.7 Å². The molecule has 1 N–H and O–H groups in total. The van der Waals surface area contributed by atoms with Crippen LogP contribution in [0.2, 0.25) is 0 Å². The summed E-state index contributed by atoms with van der Waals surface area (Å²) in [5.41, 5.74) is 0.361. The molecule has 2 heterocycles. The van der Waals surface area contributed by atoms with Crippen LogP contribution in [0.25, 0.3) is 11.5 Å². The molecule has 186 valence electrons. The van der Waals surface area contributed by atoms with Gasteiger partial charge in [-0.2, -0.15) is 4.98 Å². The highest BCUT2D eigenvalue weighted by Crippen LogP contribution is 2.60. The first-order chi connectivity index (χ1) is 16.9. The van der Waals surface area contributed by atoms with Crippen molar-refractivity contribution < 1.29 is 28.7 Å². The molecule has 0 radical (unpaired) electrons. The molecule has 1 aliphatic heterocycles. The van der Waals surface area contributed by atoms with Crippen molar-refractivity contribution in [3.05, 3.63) is 30.1 Å². The minimum absolute atomic E-state index is 0.0384. The van der Waals surface area contributed by atoms with Crippen LogP contribution in [0, 0.1) is 23.2 Å². The lowest BCUT2D eigenvalue weighted by molar-refractivity contribution is -0.166. The molecule has 1 aromatic carbocycles. The highest BCUT2D eigenvalue weighted by Gasteiger charge is 2.57. The number of esters is 1. The zero-order valence-electron chi connectivity index (χ0n) is 19.9. The summed E-state index contributed by atoms with van der Waals surface area (Å²) in [6.45, 7) is 0.0225. The summed E-state index contributed by atoms with van der Waals surface area (Å²) in [7, 11) is 1.59. The lowest BCUT2D eigenvalue weighted by atomic mass is 9.49. The predicted octanol–water partition coefficient (Wildman–Crippen LogP) is 2.97. The third-order valence-electron chi connectivity index (χ3n) is 8.45. The van der Waals surface area contributed by atoms with Crippen LogP contribution in [0.5, 0.6) is 5.75 Å². The number of hydrogen-bond donors (Lipinski definition) is 1. The lowest BCUT2D eigenvalue weighted by Crippen LogP contribution is -2.56. The van der Waals surface area contributed by atoms with Crippen molar-refractivity contribution >= 4 is 11.9 Å². The Labute approximate surface area is 203 Å². The number of aliphatic hydroxyl groups excluding tert-OH is 1. The fourth-order valence-corrected chi connectivity index (χ4v) is 7.33. The van der Waals surface area contributed by atoms with Gasteiger partial charge in [0.25, 0.3) is 5.89 Å². The van der Waals surface area contributed by atoms with Crippen molar-refractivity contribution in [1.29, 1.82) is 0 Å². The number of aromatic nitrogens is 2. The first kappa shape index (κ1) is 22.5. The largest absolute Gasteiger partial charge is 0.497 e. The number of benzene rings is 1. The van der Waals surface area contributed by atoms with Crippen LogP contribution in [0.4, 0.5) is 0 Å². The predicted molar refractivity (Wildman–Crippen MR) is 123 cm³/mol. The second kappa shape index (κ2) is 8.62. The minimum Gasteiger partial charge on any atom is -0.497 e. The summed E-state index contributed by atoms with van der Waals surface area (Å²) >= 11 is 0. The molecule has 1 saturated heterocycles. The quantitative estimate of drug-likeness (QED) is 0.627. The molecule has 0 spiro atoms. The molecule has 1 aromatic heterocycles. The number of rotatable bonds is 6. The second-order valence-electron chi connectivity index (χ2n) is 10.9. The van der Waals surface area contributed by atoms with E-state index in [-0.39, 0.29) is 36.7 Å². The van der Waals surface area contributed by atoms with Gasteiger partial charge in [-0.1, -0.05) is 5.16 Å². The molecule has 9 nitrogen and oxygen atoms in total. The number of carbonyl (C=O) groups is 2. The number of likely N-dealkylation sites (tertiary alicyclic amines) is 1. The zero-order chi connectivity index (χ0) is 24.2. The Bertz CT molecular complexity index is 1080. The first-order valence-electron chi connectivity index (χ1n) is 12.6.